The first-order valence-corrected chi connectivity index (χ1v) is 9.42. The van der Waals surface area contributed by atoms with Gasteiger partial charge in [-0.15, -0.1) is 0 Å². The van der Waals surface area contributed by atoms with Crippen molar-refractivity contribution in [1.82, 2.24) is 5.32 Å². The average molecular weight is 369 g/mol. The molecule has 2 aromatic rings. The first kappa shape index (κ1) is 19.1. The molecule has 1 heterocycles. The summed E-state index contributed by atoms with van der Waals surface area (Å²) < 4.78 is 17.1. The van der Waals surface area contributed by atoms with Gasteiger partial charge in [0.25, 0.3) is 5.91 Å². The minimum atomic E-state index is -0.149. The second-order valence-electron chi connectivity index (χ2n) is 7.10. The van der Waals surface area contributed by atoms with Crippen LogP contribution in [0, 0.1) is 12.8 Å². The number of hydrogen-bond acceptors (Lipinski definition) is 4. The molecule has 0 fully saturated rings. The number of ether oxygens (including phenoxy) is 3. The standard InChI is InChI=1S/C22H27NO4/c1-15(2)22(17-9-10-19-20(13-17)26-12-6-11-25-19)23-21(24)14-27-18-8-5-4-7-16(18)3/h4-5,7-10,13,15,22H,6,11-12,14H2,1-3H3,(H,23,24). The van der Waals surface area contributed by atoms with Gasteiger partial charge in [-0.3, -0.25) is 4.79 Å². The number of carbonyl (C=O) groups is 1. The molecule has 2 aromatic carbocycles. The van der Waals surface area contributed by atoms with E-state index in [0.717, 1.165) is 34.8 Å². The quantitative estimate of drug-likeness (QED) is 0.835. The van der Waals surface area contributed by atoms with E-state index in [-0.39, 0.29) is 24.5 Å². The lowest BCUT2D eigenvalue weighted by Gasteiger charge is -2.24. The van der Waals surface area contributed by atoms with Crippen molar-refractivity contribution in [3.63, 3.8) is 0 Å². The maximum Gasteiger partial charge on any atom is 0.258 e. The second-order valence-corrected chi connectivity index (χ2v) is 7.10. The third-order valence-corrected chi connectivity index (χ3v) is 4.57. The molecule has 0 saturated carbocycles. The molecule has 5 nitrogen and oxygen atoms in total. The van der Waals surface area contributed by atoms with Gasteiger partial charge >= 0.3 is 0 Å². The van der Waals surface area contributed by atoms with Crippen LogP contribution in [0.4, 0.5) is 0 Å². The summed E-state index contributed by atoms with van der Waals surface area (Å²) in [6, 6.07) is 13.4. The zero-order valence-electron chi connectivity index (χ0n) is 16.2. The molecule has 5 heteroatoms. The minimum absolute atomic E-state index is 0.0153. The van der Waals surface area contributed by atoms with Crippen LogP contribution in [0.15, 0.2) is 42.5 Å². The number of rotatable bonds is 6. The molecule has 0 radical (unpaired) electrons. The minimum Gasteiger partial charge on any atom is -0.490 e. The molecule has 3 rings (SSSR count). The molecule has 0 aromatic heterocycles. The number of aryl methyl sites for hydroxylation is 1. The van der Waals surface area contributed by atoms with Gasteiger partial charge in [-0.05, 0) is 42.2 Å². The summed E-state index contributed by atoms with van der Waals surface area (Å²) in [6.45, 7) is 7.40. The Kier molecular flexibility index (Phi) is 6.22. The summed E-state index contributed by atoms with van der Waals surface area (Å²) >= 11 is 0. The van der Waals surface area contributed by atoms with Crippen LogP contribution >= 0.6 is 0 Å². The van der Waals surface area contributed by atoms with Crippen LogP contribution in [0.1, 0.15) is 37.4 Å². The first-order valence-electron chi connectivity index (χ1n) is 9.42. The molecule has 1 N–H and O–H groups in total. The molecule has 0 bridgehead atoms. The monoisotopic (exact) mass is 369 g/mol. The summed E-state index contributed by atoms with van der Waals surface area (Å²) in [5, 5.41) is 3.08. The lowest BCUT2D eigenvalue weighted by atomic mass is 9.95. The van der Waals surface area contributed by atoms with E-state index in [1.165, 1.54) is 0 Å². The molecule has 1 unspecified atom stereocenters. The number of fused-ring (bicyclic) bond motifs is 1. The Balaban J connectivity index is 1.68. The Morgan fingerprint density at radius 3 is 2.59 bits per heavy atom. The third-order valence-electron chi connectivity index (χ3n) is 4.57. The molecule has 0 aliphatic carbocycles. The van der Waals surface area contributed by atoms with Crippen molar-refractivity contribution in [2.45, 2.75) is 33.2 Å². The van der Waals surface area contributed by atoms with E-state index in [1.807, 2.05) is 49.4 Å². The zero-order valence-corrected chi connectivity index (χ0v) is 16.2. The van der Waals surface area contributed by atoms with E-state index < -0.39 is 0 Å². The highest BCUT2D eigenvalue weighted by Crippen LogP contribution is 2.34. The van der Waals surface area contributed by atoms with Gasteiger partial charge in [-0.25, -0.2) is 0 Å². The Hall–Kier alpha value is -2.69. The van der Waals surface area contributed by atoms with Crippen molar-refractivity contribution in [3.8, 4) is 17.2 Å². The smallest absolute Gasteiger partial charge is 0.258 e. The third kappa shape index (κ3) is 4.94. The van der Waals surface area contributed by atoms with E-state index in [2.05, 4.69) is 19.2 Å². The number of hydrogen-bond donors (Lipinski definition) is 1. The van der Waals surface area contributed by atoms with Crippen molar-refractivity contribution in [2.75, 3.05) is 19.8 Å². The Bertz CT molecular complexity index is 788. The summed E-state index contributed by atoms with van der Waals surface area (Å²) in [5.41, 5.74) is 2.01. The Morgan fingerprint density at radius 1 is 1.11 bits per heavy atom. The molecule has 27 heavy (non-hydrogen) atoms. The maximum absolute atomic E-state index is 12.5. The van der Waals surface area contributed by atoms with Crippen LogP contribution in [0.3, 0.4) is 0 Å². The highest BCUT2D eigenvalue weighted by atomic mass is 16.5. The highest BCUT2D eigenvalue weighted by molar-refractivity contribution is 5.78. The van der Waals surface area contributed by atoms with Gasteiger partial charge in [0.2, 0.25) is 0 Å². The van der Waals surface area contributed by atoms with Gasteiger partial charge in [-0.1, -0.05) is 38.1 Å². The van der Waals surface area contributed by atoms with Crippen molar-refractivity contribution in [3.05, 3.63) is 53.6 Å². The van der Waals surface area contributed by atoms with Gasteiger partial charge in [0, 0.05) is 6.42 Å². The summed E-state index contributed by atoms with van der Waals surface area (Å²) in [4.78, 5) is 12.5. The Labute approximate surface area is 160 Å². The lowest BCUT2D eigenvalue weighted by molar-refractivity contribution is -0.124. The number of amides is 1. The van der Waals surface area contributed by atoms with E-state index in [1.54, 1.807) is 0 Å². The fourth-order valence-corrected chi connectivity index (χ4v) is 3.09. The largest absolute Gasteiger partial charge is 0.490 e. The number of para-hydroxylation sites is 1. The SMILES string of the molecule is Cc1ccccc1OCC(=O)NC(c1ccc2c(c1)OCCCO2)C(C)C. The van der Waals surface area contributed by atoms with Crippen LogP contribution in [-0.4, -0.2) is 25.7 Å². The van der Waals surface area contributed by atoms with E-state index >= 15 is 0 Å². The number of carbonyl (C=O) groups excluding carboxylic acids is 1. The van der Waals surface area contributed by atoms with E-state index in [4.69, 9.17) is 14.2 Å². The fraction of sp³-hybridized carbons (Fsp3) is 0.409. The van der Waals surface area contributed by atoms with Crippen molar-refractivity contribution >= 4 is 5.91 Å². The summed E-state index contributed by atoms with van der Waals surface area (Å²) in [7, 11) is 0. The predicted octanol–water partition coefficient (Wildman–Crippen LogP) is 4.05. The topological polar surface area (TPSA) is 56.8 Å². The van der Waals surface area contributed by atoms with E-state index in [0.29, 0.717) is 13.2 Å². The Morgan fingerprint density at radius 2 is 1.85 bits per heavy atom. The van der Waals surface area contributed by atoms with Gasteiger partial charge < -0.3 is 19.5 Å². The normalized spacial score (nSPS) is 14.4. The molecule has 0 spiro atoms. The highest BCUT2D eigenvalue weighted by Gasteiger charge is 2.21. The van der Waals surface area contributed by atoms with E-state index in [9.17, 15) is 4.79 Å². The number of nitrogens with one attached hydrogen (secondary N) is 1. The lowest BCUT2D eigenvalue weighted by Crippen LogP contribution is -2.35. The molecule has 144 valence electrons. The molecule has 0 saturated heterocycles. The van der Waals surface area contributed by atoms with Crippen molar-refractivity contribution in [2.24, 2.45) is 5.92 Å². The first-order chi connectivity index (χ1) is 13.0. The van der Waals surface area contributed by atoms with Crippen LogP contribution in [-0.2, 0) is 4.79 Å². The zero-order chi connectivity index (χ0) is 19.2. The molecule has 1 aliphatic heterocycles. The van der Waals surface area contributed by atoms with Gasteiger partial charge in [-0.2, -0.15) is 0 Å². The van der Waals surface area contributed by atoms with Crippen LogP contribution in [0.25, 0.3) is 0 Å². The van der Waals surface area contributed by atoms with Gasteiger partial charge in [0.1, 0.15) is 5.75 Å². The van der Waals surface area contributed by atoms with Gasteiger partial charge in [0.15, 0.2) is 18.1 Å². The molecule has 1 atom stereocenters. The number of benzene rings is 2. The molecule has 1 aliphatic rings. The van der Waals surface area contributed by atoms with Gasteiger partial charge in [0.05, 0.1) is 19.3 Å². The summed E-state index contributed by atoms with van der Waals surface area (Å²) in [5.74, 6) is 2.29. The van der Waals surface area contributed by atoms with Crippen LogP contribution < -0.4 is 19.5 Å². The maximum atomic E-state index is 12.5. The van der Waals surface area contributed by atoms with Crippen LogP contribution in [0.2, 0.25) is 0 Å². The molecule has 1 amide bonds. The molecular formula is C22H27NO4. The van der Waals surface area contributed by atoms with Crippen molar-refractivity contribution < 1.29 is 19.0 Å². The summed E-state index contributed by atoms with van der Waals surface area (Å²) in [6.07, 6.45) is 0.866. The predicted molar refractivity (Wildman–Crippen MR) is 104 cm³/mol. The van der Waals surface area contributed by atoms with Crippen molar-refractivity contribution in [1.29, 1.82) is 0 Å². The van der Waals surface area contributed by atoms with Crippen LogP contribution in [0.5, 0.6) is 17.2 Å². The average Bonchev–Trinajstić information content (AvgIpc) is 2.90. The second kappa shape index (κ2) is 8.80. The fourth-order valence-electron chi connectivity index (χ4n) is 3.09. The molecular weight excluding hydrogens is 342 g/mol.